The predicted octanol–water partition coefficient (Wildman–Crippen LogP) is 2.35. The number of hydrogen-bond acceptors (Lipinski definition) is 6. The van der Waals surface area contributed by atoms with E-state index in [0.29, 0.717) is 11.3 Å². The van der Waals surface area contributed by atoms with Crippen molar-refractivity contribution in [2.24, 2.45) is 0 Å². The summed E-state index contributed by atoms with van der Waals surface area (Å²) >= 11 is 0. The van der Waals surface area contributed by atoms with Gasteiger partial charge in [-0.3, -0.25) is 4.79 Å². The van der Waals surface area contributed by atoms with Gasteiger partial charge in [0.25, 0.3) is 5.91 Å². The molecule has 0 aliphatic rings. The van der Waals surface area contributed by atoms with E-state index < -0.39 is 18.0 Å². The molecule has 3 rings (SSSR count). The van der Waals surface area contributed by atoms with Gasteiger partial charge in [-0.1, -0.05) is 5.16 Å². The molecule has 0 saturated carbocycles. The van der Waals surface area contributed by atoms with Gasteiger partial charge in [-0.25, -0.2) is 9.48 Å². The molecule has 0 unspecified atom stereocenters. The molecular formula is C17H16N4O4. The lowest BCUT2D eigenvalue weighted by atomic mass is 10.2. The largest absolute Gasteiger partial charge is 0.449 e. The summed E-state index contributed by atoms with van der Waals surface area (Å²) in [6.45, 7) is 3.19. The number of nitrogens with zero attached hydrogens (tertiary/aromatic N) is 3. The molecule has 2 aromatic heterocycles. The molecule has 8 nitrogen and oxygen atoms in total. The third-order valence-electron chi connectivity index (χ3n) is 3.40. The van der Waals surface area contributed by atoms with Crippen LogP contribution >= 0.6 is 0 Å². The van der Waals surface area contributed by atoms with Crippen LogP contribution in [0.25, 0.3) is 5.69 Å². The number of anilines is 1. The number of hydrogen-bond donors (Lipinski definition) is 1. The minimum Gasteiger partial charge on any atom is -0.449 e. The molecule has 0 radical (unpaired) electrons. The Morgan fingerprint density at radius 3 is 2.64 bits per heavy atom. The second-order valence-corrected chi connectivity index (χ2v) is 5.36. The SMILES string of the molecule is Cc1cc(NC(=O)[C@@H](C)OC(=O)c2ccc(-n3cccn3)cc2)no1. The minimum absolute atomic E-state index is 0.272. The van der Waals surface area contributed by atoms with Crippen molar-refractivity contribution in [1.29, 1.82) is 0 Å². The van der Waals surface area contributed by atoms with Gasteiger partial charge in [-0.15, -0.1) is 0 Å². The lowest BCUT2D eigenvalue weighted by Crippen LogP contribution is -2.30. The Balaban J connectivity index is 1.60. The fourth-order valence-corrected chi connectivity index (χ4v) is 2.11. The minimum atomic E-state index is -0.977. The highest BCUT2D eigenvalue weighted by Crippen LogP contribution is 2.12. The molecule has 1 N–H and O–H groups in total. The number of carbonyl (C=O) groups is 2. The maximum absolute atomic E-state index is 12.2. The Bertz CT molecular complexity index is 868. The summed E-state index contributed by atoms with van der Waals surface area (Å²) in [5.74, 6) is -0.244. The molecule has 0 aliphatic carbocycles. The fraction of sp³-hybridized carbons (Fsp3) is 0.176. The van der Waals surface area contributed by atoms with E-state index in [0.717, 1.165) is 5.69 Å². The number of benzene rings is 1. The summed E-state index contributed by atoms with van der Waals surface area (Å²) in [6, 6.07) is 10.1. The molecule has 3 aromatic rings. The molecule has 0 spiro atoms. The van der Waals surface area contributed by atoms with Gasteiger partial charge in [0, 0.05) is 18.5 Å². The standard InChI is InChI=1S/C17H16N4O4/c1-11-10-15(20-25-11)19-16(22)12(2)24-17(23)13-4-6-14(7-5-13)21-9-3-8-18-21/h3-10,12H,1-2H3,(H,19,20,22)/t12-/m1/s1. The molecule has 128 valence electrons. The van der Waals surface area contributed by atoms with E-state index in [1.54, 1.807) is 60.4 Å². The molecule has 0 bridgehead atoms. The van der Waals surface area contributed by atoms with Gasteiger partial charge >= 0.3 is 5.97 Å². The summed E-state index contributed by atoms with van der Waals surface area (Å²) in [5.41, 5.74) is 1.15. The smallest absolute Gasteiger partial charge is 0.338 e. The van der Waals surface area contributed by atoms with E-state index in [2.05, 4.69) is 15.6 Å². The van der Waals surface area contributed by atoms with Crippen LogP contribution in [0.15, 0.2) is 53.3 Å². The molecular weight excluding hydrogens is 324 g/mol. The number of nitrogens with one attached hydrogen (secondary N) is 1. The molecule has 8 heteroatoms. The summed E-state index contributed by atoms with van der Waals surface area (Å²) < 4.78 is 11.7. The van der Waals surface area contributed by atoms with Crippen molar-refractivity contribution in [3.8, 4) is 5.69 Å². The van der Waals surface area contributed by atoms with Crippen LogP contribution in [0.4, 0.5) is 5.82 Å². The van der Waals surface area contributed by atoms with Gasteiger partial charge in [0.2, 0.25) is 0 Å². The first kappa shape index (κ1) is 16.4. The summed E-state index contributed by atoms with van der Waals surface area (Å²) in [5, 5.41) is 10.3. The average molecular weight is 340 g/mol. The highest BCUT2D eigenvalue weighted by molar-refractivity contribution is 5.96. The van der Waals surface area contributed by atoms with Gasteiger partial charge in [0.1, 0.15) is 5.76 Å². The van der Waals surface area contributed by atoms with Crippen LogP contribution in [0, 0.1) is 6.92 Å². The Morgan fingerprint density at radius 1 is 1.28 bits per heavy atom. The van der Waals surface area contributed by atoms with E-state index in [-0.39, 0.29) is 5.82 Å². The number of aryl methyl sites for hydroxylation is 1. The normalized spacial score (nSPS) is 11.8. The van der Waals surface area contributed by atoms with Crippen molar-refractivity contribution < 1.29 is 18.8 Å². The average Bonchev–Trinajstić information content (AvgIpc) is 3.27. The molecule has 1 atom stereocenters. The zero-order valence-corrected chi connectivity index (χ0v) is 13.7. The lowest BCUT2D eigenvalue weighted by molar-refractivity contribution is -0.123. The molecule has 1 amide bonds. The molecule has 2 heterocycles. The van der Waals surface area contributed by atoms with Crippen molar-refractivity contribution in [1.82, 2.24) is 14.9 Å². The molecule has 0 fully saturated rings. The monoisotopic (exact) mass is 340 g/mol. The first-order valence-electron chi connectivity index (χ1n) is 7.58. The van der Waals surface area contributed by atoms with E-state index in [1.165, 1.54) is 6.92 Å². The maximum Gasteiger partial charge on any atom is 0.338 e. The first-order valence-corrected chi connectivity index (χ1v) is 7.58. The van der Waals surface area contributed by atoms with Crippen LogP contribution in [-0.2, 0) is 9.53 Å². The Morgan fingerprint density at radius 2 is 2.04 bits per heavy atom. The second kappa shape index (κ2) is 7.00. The predicted molar refractivity (Wildman–Crippen MR) is 88.3 cm³/mol. The molecule has 0 saturated heterocycles. The number of amides is 1. The quantitative estimate of drug-likeness (QED) is 0.716. The molecule has 0 aliphatic heterocycles. The van der Waals surface area contributed by atoms with E-state index in [1.807, 2.05) is 0 Å². The second-order valence-electron chi connectivity index (χ2n) is 5.36. The van der Waals surface area contributed by atoms with Crippen LogP contribution < -0.4 is 5.32 Å². The number of rotatable bonds is 5. The Hall–Kier alpha value is -3.42. The van der Waals surface area contributed by atoms with Crippen LogP contribution in [0.1, 0.15) is 23.0 Å². The van der Waals surface area contributed by atoms with E-state index >= 15 is 0 Å². The zero-order valence-electron chi connectivity index (χ0n) is 13.7. The number of aromatic nitrogens is 3. The molecule has 1 aromatic carbocycles. The van der Waals surface area contributed by atoms with Crippen LogP contribution in [-0.4, -0.2) is 32.9 Å². The third kappa shape index (κ3) is 3.92. The van der Waals surface area contributed by atoms with Crippen LogP contribution in [0.2, 0.25) is 0 Å². The third-order valence-corrected chi connectivity index (χ3v) is 3.40. The van der Waals surface area contributed by atoms with Gasteiger partial charge in [0.05, 0.1) is 11.3 Å². The first-order chi connectivity index (χ1) is 12.0. The van der Waals surface area contributed by atoms with Crippen molar-refractivity contribution >= 4 is 17.7 Å². The van der Waals surface area contributed by atoms with E-state index in [4.69, 9.17) is 9.26 Å². The zero-order chi connectivity index (χ0) is 17.8. The van der Waals surface area contributed by atoms with Crippen LogP contribution in [0.3, 0.4) is 0 Å². The van der Waals surface area contributed by atoms with E-state index in [9.17, 15) is 9.59 Å². The van der Waals surface area contributed by atoms with Crippen molar-refractivity contribution in [2.45, 2.75) is 20.0 Å². The van der Waals surface area contributed by atoms with Crippen molar-refractivity contribution in [3.05, 3.63) is 60.1 Å². The Labute approximate surface area is 143 Å². The number of carbonyl (C=O) groups excluding carboxylic acids is 2. The van der Waals surface area contributed by atoms with Gasteiger partial charge in [-0.2, -0.15) is 5.10 Å². The number of esters is 1. The summed E-state index contributed by atoms with van der Waals surface area (Å²) in [7, 11) is 0. The summed E-state index contributed by atoms with van der Waals surface area (Å²) in [4.78, 5) is 24.2. The van der Waals surface area contributed by atoms with Gasteiger partial charge in [0.15, 0.2) is 11.9 Å². The lowest BCUT2D eigenvalue weighted by Gasteiger charge is -2.12. The topological polar surface area (TPSA) is 99.2 Å². The van der Waals surface area contributed by atoms with Crippen molar-refractivity contribution in [2.75, 3.05) is 5.32 Å². The fourth-order valence-electron chi connectivity index (χ4n) is 2.11. The summed E-state index contributed by atoms with van der Waals surface area (Å²) in [6.07, 6.45) is 2.49. The highest BCUT2D eigenvalue weighted by atomic mass is 16.5. The van der Waals surface area contributed by atoms with Crippen LogP contribution in [0.5, 0.6) is 0 Å². The van der Waals surface area contributed by atoms with Crippen molar-refractivity contribution in [3.63, 3.8) is 0 Å². The Kier molecular flexibility index (Phi) is 4.60. The van der Waals surface area contributed by atoms with Gasteiger partial charge < -0.3 is 14.6 Å². The highest BCUT2D eigenvalue weighted by Gasteiger charge is 2.20. The molecule has 25 heavy (non-hydrogen) atoms. The van der Waals surface area contributed by atoms with Gasteiger partial charge in [-0.05, 0) is 44.2 Å². The number of ether oxygens (including phenoxy) is 1. The maximum atomic E-state index is 12.2.